The van der Waals surface area contributed by atoms with E-state index >= 15 is 0 Å². The number of likely N-dealkylation sites (tertiary alicyclic amines) is 1. The van der Waals surface area contributed by atoms with Crippen molar-refractivity contribution in [3.8, 4) is 0 Å². The summed E-state index contributed by atoms with van der Waals surface area (Å²) < 4.78 is 5.58. The molecule has 0 saturated carbocycles. The first-order chi connectivity index (χ1) is 7.37. The van der Waals surface area contributed by atoms with Gasteiger partial charge in [0.15, 0.2) is 0 Å². The molecule has 1 fully saturated rings. The van der Waals surface area contributed by atoms with Crippen molar-refractivity contribution < 1.29 is 9.84 Å². The summed E-state index contributed by atoms with van der Waals surface area (Å²) in [5.41, 5.74) is -0.155. The lowest BCUT2D eigenvalue weighted by Crippen LogP contribution is -2.40. The van der Waals surface area contributed by atoms with Crippen LogP contribution in [0, 0.1) is 5.92 Å². The van der Waals surface area contributed by atoms with Gasteiger partial charge < -0.3 is 14.7 Å². The average Bonchev–Trinajstić information content (AvgIpc) is 2.18. The average molecular weight is 229 g/mol. The minimum absolute atomic E-state index is 0.155. The van der Waals surface area contributed by atoms with Gasteiger partial charge in [-0.1, -0.05) is 6.92 Å². The normalized spacial score (nSPS) is 22.3. The second-order valence-corrected chi connectivity index (χ2v) is 6.06. The van der Waals surface area contributed by atoms with Crippen LogP contribution in [0.2, 0.25) is 0 Å². The lowest BCUT2D eigenvalue weighted by atomic mass is 9.99. The van der Waals surface area contributed by atoms with Gasteiger partial charge in [-0.2, -0.15) is 0 Å². The molecule has 1 saturated heterocycles. The van der Waals surface area contributed by atoms with Crippen LogP contribution >= 0.6 is 0 Å². The zero-order valence-corrected chi connectivity index (χ0v) is 11.2. The number of nitrogens with zero attached hydrogens (tertiary/aromatic N) is 1. The summed E-state index contributed by atoms with van der Waals surface area (Å²) in [6.07, 6.45) is 2.16. The molecular formula is C13H27NO2. The lowest BCUT2D eigenvalue weighted by Gasteiger charge is -2.32. The Morgan fingerprint density at radius 1 is 1.31 bits per heavy atom. The maximum Gasteiger partial charge on any atom is 0.0900 e. The van der Waals surface area contributed by atoms with Crippen molar-refractivity contribution in [3.63, 3.8) is 0 Å². The van der Waals surface area contributed by atoms with Gasteiger partial charge >= 0.3 is 0 Å². The number of hydrogen-bond donors (Lipinski definition) is 1. The third-order valence-electron chi connectivity index (χ3n) is 3.05. The van der Waals surface area contributed by atoms with Gasteiger partial charge in [-0.3, -0.25) is 0 Å². The van der Waals surface area contributed by atoms with E-state index in [2.05, 4.69) is 11.8 Å². The van der Waals surface area contributed by atoms with Crippen molar-refractivity contribution >= 4 is 0 Å². The summed E-state index contributed by atoms with van der Waals surface area (Å²) in [6, 6.07) is 0. The van der Waals surface area contributed by atoms with Crippen molar-refractivity contribution in [2.45, 2.75) is 52.2 Å². The van der Waals surface area contributed by atoms with Crippen LogP contribution in [0.15, 0.2) is 0 Å². The van der Waals surface area contributed by atoms with E-state index in [1.54, 1.807) is 0 Å². The predicted molar refractivity (Wildman–Crippen MR) is 66.5 cm³/mol. The molecule has 0 bridgehead atoms. The molecule has 0 radical (unpaired) electrons. The molecule has 1 aliphatic rings. The summed E-state index contributed by atoms with van der Waals surface area (Å²) in [7, 11) is 0. The highest BCUT2D eigenvalue weighted by Gasteiger charge is 2.19. The number of β-amino-alcohol motifs (C(OH)–C–C–N with tert-alkyl or cyclic N) is 1. The monoisotopic (exact) mass is 229 g/mol. The van der Waals surface area contributed by atoms with Gasteiger partial charge in [-0.05, 0) is 52.6 Å². The fourth-order valence-corrected chi connectivity index (χ4v) is 1.94. The van der Waals surface area contributed by atoms with Gasteiger partial charge in [-0.25, -0.2) is 0 Å². The highest BCUT2D eigenvalue weighted by Crippen LogP contribution is 2.16. The van der Waals surface area contributed by atoms with Gasteiger partial charge in [0.2, 0.25) is 0 Å². The largest absolute Gasteiger partial charge is 0.389 e. The standard InChI is InChI=1S/C13H27NO2/c1-11-5-7-14(8-6-11)9-12(15)10-16-13(2,3)4/h11-12,15H,5-10H2,1-4H3. The SMILES string of the molecule is CC1CCN(CC(O)COC(C)(C)C)CC1. The van der Waals surface area contributed by atoms with Crippen LogP contribution in [0.1, 0.15) is 40.5 Å². The Bertz CT molecular complexity index is 193. The topological polar surface area (TPSA) is 32.7 Å². The second kappa shape index (κ2) is 5.99. The molecule has 1 unspecified atom stereocenters. The van der Waals surface area contributed by atoms with E-state index in [0.717, 1.165) is 25.6 Å². The fourth-order valence-electron chi connectivity index (χ4n) is 1.94. The molecular weight excluding hydrogens is 202 g/mol. The molecule has 96 valence electrons. The molecule has 0 aromatic heterocycles. The van der Waals surface area contributed by atoms with Gasteiger partial charge in [0.25, 0.3) is 0 Å². The zero-order valence-electron chi connectivity index (χ0n) is 11.2. The smallest absolute Gasteiger partial charge is 0.0900 e. The Morgan fingerprint density at radius 2 is 1.88 bits per heavy atom. The van der Waals surface area contributed by atoms with Crippen LogP contribution < -0.4 is 0 Å². The van der Waals surface area contributed by atoms with Gasteiger partial charge in [-0.15, -0.1) is 0 Å². The summed E-state index contributed by atoms with van der Waals surface area (Å²) in [5, 5.41) is 9.86. The molecule has 0 aliphatic carbocycles. The number of hydrogen-bond acceptors (Lipinski definition) is 3. The van der Waals surface area contributed by atoms with E-state index in [1.807, 2.05) is 20.8 Å². The van der Waals surface area contributed by atoms with Gasteiger partial charge in [0.05, 0.1) is 18.3 Å². The highest BCUT2D eigenvalue weighted by molar-refractivity contribution is 4.72. The summed E-state index contributed by atoms with van der Waals surface area (Å²) in [4.78, 5) is 2.34. The summed E-state index contributed by atoms with van der Waals surface area (Å²) >= 11 is 0. The van der Waals surface area contributed by atoms with E-state index in [9.17, 15) is 5.11 Å². The molecule has 3 heteroatoms. The number of aliphatic hydroxyl groups is 1. The van der Waals surface area contributed by atoms with Crippen molar-refractivity contribution in [1.82, 2.24) is 4.90 Å². The Labute approximate surface area is 99.8 Å². The van der Waals surface area contributed by atoms with Crippen LogP contribution in [0.5, 0.6) is 0 Å². The molecule has 0 amide bonds. The molecule has 1 N–H and O–H groups in total. The minimum atomic E-state index is -0.354. The van der Waals surface area contributed by atoms with Crippen molar-refractivity contribution in [1.29, 1.82) is 0 Å². The molecule has 16 heavy (non-hydrogen) atoms. The third-order valence-corrected chi connectivity index (χ3v) is 3.05. The molecule has 1 atom stereocenters. The molecule has 1 heterocycles. The Hall–Kier alpha value is -0.120. The van der Waals surface area contributed by atoms with E-state index < -0.39 is 0 Å². The van der Waals surface area contributed by atoms with E-state index in [-0.39, 0.29) is 11.7 Å². The van der Waals surface area contributed by atoms with Crippen LogP contribution in [-0.2, 0) is 4.74 Å². The van der Waals surface area contributed by atoms with Gasteiger partial charge in [0, 0.05) is 6.54 Å². The van der Waals surface area contributed by atoms with Crippen molar-refractivity contribution in [2.75, 3.05) is 26.2 Å². The first-order valence-corrected chi connectivity index (χ1v) is 6.41. The predicted octanol–water partition coefficient (Wildman–Crippen LogP) is 1.89. The van der Waals surface area contributed by atoms with Crippen LogP contribution in [0.4, 0.5) is 0 Å². The Kier molecular flexibility index (Phi) is 5.22. The Morgan fingerprint density at radius 3 is 2.38 bits per heavy atom. The molecule has 0 spiro atoms. The Balaban J connectivity index is 2.16. The van der Waals surface area contributed by atoms with Crippen LogP contribution in [-0.4, -0.2) is 48.0 Å². The first-order valence-electron chi connectivity index (χ1n) is 6.41. The molecule has 1 rings (SSSR count). The van der Waals surface area contributed by atoms with E-state index in [4.69, 9.17) is 4.74 Å². The fraction of sp³-hybridized carbons (Fsp3) is 1.00. The molecule has 3 nitrogen and oxygen atoms in total. The number of rotatable bonds is 4. The van der Waals surface area contributed by atoms with Crippen LogP contribution in [0.3, 0.4) is 0 Å². The number of ether oxygens (including phenoxy) is 1. The maximum absolute atomic E-state index is 9.86. The van der Waals surface area contributed by atoms with Crippen molar-refractivity contribution in [3.05, 3.63) is 0 Å². The molecule has 1 aliphatic heterocycles. The summed E-state index contributed by atoms with van der Waals surface area (Å²) in [5.74, 6) is 0.846. The lowest BCUT2D eigenvalue weighted by molar-refractivity contribution is -0.0577. The highest BCUT2D eigenvalue weighted by atomic mass is 16.5. The maximum atomic E-state index is 9.86. The second-order valence-electron chi connectivity index (χ2n) is 6.06. The zero-order chi connectivity index (χ0) is 12.2. The third kappa shape index (κ3) is 5.83. The van der Waals surface area contributed by atoms with Gasteiger partial charge in [0.1, 0.15) is 0 Å². The number of aliphatic hydroxyl groups excluding tert-OH is 1. The quantitative estimate of drug-likeness (QED) is 0.799. The molecule has 0 aromatic carbocycles. The first kappa shape index (κ1) is 13.9. The minimum Gasteiger partial charge on any atom is -0.389 e. The van der Waals surface area contributed by atoms with Crippen molar-refractivity contribution in [2.24, 2.45) is 5.92 Å². The summed E-state index contributed by atoms with van der Waals surface area (Å²) in [6.45, 7) is 11.8. The van der Waals surface area contributed by atoms with Crippen LogP contribution in [0.25, 0.3) is 0 Å². The molecule has 0 aromatic rings. The number of piperidine rings is 1. The van der Waals surface area contributed by atoms with E-state index in [0.29, 0.717) is 6.61 Å². The van der Waals surface area contributed by atoms with E-state index in [1.165, 1.54) is 12.8 Å².